The lowest BCUT2D eigenvalue weighted by Crippen LogP contribution is -2.30. The highest BCUT2D eigenvalue weighted by atomic mass is 35.5. The van der Waals surface area contributed by atoms with Crippen molar-refractivity contribution in [1.82, 2.24) is 10.3 Å². The quantitative estimate of drug-likeness (QED) is 0.904. The van der Waals surface area contributed by atoms with Gasteiger partial charge in [0.05, 0.1) is 22.5 Å². The molecule has 1 aromatic heterocycles. The number of hydrogen-bond acceptors (Lipinski definition) is 3. The van der Waals surface area contributed by atoms with Crippen molar-refractivity contribution in [2.75, 3.05) is 5.32 Å². The molecule has 1 heterocycles. The van der Waals surface area contributed by atoms with Crippen molar-refractivity contribution in [3.05, 3.63) is 53.1 Å². The molecule has 0 aliphatic heterocycles. The fourth-order valence-corrected chi connectivity index (χ4v) is 1.90. The van der Waals surface area contributed by atoms with Crippen LogP contribution in [0.25, 0.3) is 0 Å². The average Bonchev–Trinajstić information content (AvgIpc) is 2.42. The van der Waals surface area contributed by atoms with Gasteiger partial charge in [0, 0.05) is 17.9 Å². The summed E-state index contributed by atoms with van der Waals surface area (Å²) in [5.41, 5.74) is 1.68. The molecule has 110 valence electrons. The van der Waals surface area contributed by atoms with Gasteiger partial charge in [0.25, 0.3) is 5.91 Å². The number of nitrogens with zero attached hydrogens (tertiary/aromatic N) is 1. The Balaban J connectivity index is 2.17. The minimum atomic E-state index is -0.481. The maximum absolute atomic E-state index is 13.1. The van der Waals surface area contributed by atoms with Crippen molar-refractivity contribution in [3.8, 4) is 0 Å². The number of carbonyl (C=O) groups excluding carboxylic acids is 1. The molecular formula is C15H15ClFN3O. The number of nitrogens with one attached hydrogen (secondary N) is 2. The van der Waals surface area contributed by atoms with Crippen LogP contribution in [0.15, 0.2) is 36.7 Å². The summed E-state index contributed by atoms with van der Waals surface area (Å²) in [4.78, 5) is 15.9. The number of rotatable bonds is 4. The van der Waals surface area contributed by atoms with Crippen LogP contribution in [-0.2, 0) is 0 Å². The second kappa shape index (κ2) is 6.54. The fraction of sp³-hybridized carbons (Fsp3) is 0.200. The van der Waals surface area contributed by atoms with Crippen molar-refractivity contribution in [2.45, 2.75) is 19.9 Å². The third-order valence-electron chi connectivity index (χ3n) is 2.63. The van der Waals surface area contributed by atoms with E-state index in [1.807, 2.05) is 13.8 Å². The molecule has 0 aliphatic carbocycles. The van der Waals surface area contributed by atoms with Crippen LogP contribution in [0, 0.1) is 5.82 Å². The van der Waals surface area contributed by atoms with Gasteiger partial charge in [-0.05, 0) is 38.1 Å². The van der Waals surface area contributed by atoms with Gasteiger partial charge in [0.15, 0.2) is 0 Å². The van der Waals surface area contributed by atoms with Crippen molar-refractivity contribution < 1.29 is 9.18 Å². The summed E-state index contributed by atoms with van der Waals surface area (Å²) in [6.07, 6.45) is 3.06. The zero-order valence-corrected chi connectivity index (χ0v) is 12.4. The smallest absolute Gasteiger partial charge is 0.253 e. The third kappa shape index (κ3) is 4.16. The summed E-state index contributed by atoms with van der Waals surface area (Å²) in [5, 5.41) is 5.85. The lowest BCUT2D eigenvalue weighted by atomic mass is 10.2. The summed E-state index contributed by atoms with van der Waals surface area (Å²) in [5.74, 6) is -0.677. The Morgan fingerprint density at radius 3 is 2.67 bits per heavy atom. The van der Waals surface area contributed by atoms with Gasteiger partial charge >= 0.3 is 0 Å². The number of pyridine rings is 1. The van der Waals surface area contributed by atoms with Crippen LogP contribution in [0.1, 0.15) is 24.2 Å². The molecule has 4 nitrogen and oxygen atoms in total. The highest BCUT2D eigenvalue weighted by Crippen LogP contribution is 2.22. The van der Waals surface area contributed by atoms with Gasteiger partial charge in [-0.15, -0.1) is 0 Å². The van der Waals surface area contributed by atoms with E-state index in [1.54, 1.807) is 18.3 Å². The Hall–Kier alpha value is -2.14. The first-order valence-electron chi connectivity index (χ1n) is 6.43. The van der Waals surface area contributed by atoms with Crippen LogP contribution in [0.3, 0.4) is 0 Å². The van der Waals surface area contributed by atoms with Gasteiger partial charge in [0.2, 0.25) is 0 Å². The second-order valence-corrected chi connectivity index (χ2v) is 5.25. The van der Waals surface area contributed by atoms with Crippen LogP contribution in [0.5, 0.6) is 0 Å². The fourth-order valence-electron chi connectivity index (χ4n) is 1.72. The van der Waals surface area contributed by atoms with Crippen LogP contribution in [0.4, 0.5) is 15.8 Å². The van der Waals surface area contributed by atoms with E-state index in [0.717, 1.165) is 0 Å². The molecular weight excluding hydrogens is 293 g/mol. The molecule has 0 bridgehead atoms. The maximum Gasteiger partial charge on any atom is 0.253 e. The maximum atomic E-state index is 13.1. The summed E-state index contributed by atoms with van der Waals surface area (Å²) in [6, 6.07) is 6.01. The van der Waals surface area contributed by atoms with E-state index in [2.05, 4.69) is 15.6 Å². The molecule has 0 atom stereocenters. The normalized spacial score (nSPS) is 10.5. The second-order valence-electron chi connectivity index (χ2n) is 4.84. The van der Waals surface area contributed by atoms with Gasteiger partial charge in [-0.3, -0.25) is 9.78 Å². The lowest BCUT2D eigenvalue weighted by molar-refractivity contribution is 0.0943. The number of amides is 1. The number of aromatic nitrogens is 1. The topological polar surface area (TPSA) is 54.0 Å². The Kier molecular flexibility index (Phi) is 4.75. The molecule has 6 heteroatoms. The van der Waals surface area contributed by atoms with E-state index in [1.165, 1.54) is 18.3 Å². The van der Waals surface area contributed by atoms with Gasteiger partial charge in [0.1, 0.15) is 5.82 Å². The van der Waals surface area contributed by atoms with E-state index < -0.39 is 5.82 Å². The van der Waals surface area contributed by atoms with E-state index >= 15 is 0 Å². The molecule has 0 saturated heterocycles. The number of hydrogen-bond donors (Lipinski definition) is 2. The monoisotopic (exact) mass is 307 g/mol. The van der Waals surface area contributed by atoms with Gasteiger partial charge in [-0.2, -0.15) is 0 Å². The van der Waals surface area contributed by atoms with Crippen molar-refractivity contribution in [1.29, 1.82) is 0 Å². The highest BCUT2D eigenvalue weighted by molar-refractivity contribution is 6.31. The van der Waals surface area contributed by atoms with E-state index in [-0.39, 0.29) is 17.0 Å². The molecule has 2 rings (SSSR count). The molecule has 2 aromatic rings. The molecule has 0 saturated carbocycles. The number of carbonyl (C=O) groups is 1. The number of anilines is 2. The Labute approximate surface area is 127 Å². The number of halogens is 2. The zero-order valence-electron chi connectivity index (χ0n) is 11.7. The van der Waals surface area contributed by atoms with Crippen LogP contribution in [0.2, 0.25) is 5.02 Å². The molecule has 0 fully saturated rings. The van der Waals surface area contributed by atoms with Gasteiger partial charge in [-0.25, -0.2) is 4.39 Å². The van der Waals surface area contributed by atoms with Crippen LogP contribution in [-0.4, -0.2) is 16.9 Å². The van der Waals surface area contributed by atoms with E-state index in [0.29, 0.717) is 16.9 Å². The summed E-state index contributed by atoms with van der Waals surface area (Å²) < 4.78 is 13.1. The Morgan fingerprint density at radius 1 is 1.24 bits per heavy atom. The first kappa shape index (κ1) is 15.3. The van der Waals surface area contributed by atoms with Crippen molar-refractivity contribution in [2.24, 2.45) is 0 Å². The summed E-state index contributed by atoms with van der Waals surface area (Å²) >= 11 is 5.72. The van der Waals surface area contributed by atoms with Gasteiger partial charge in [-0.1, -0.05) is 11.6 Å². The highest BCUT2D eigenvalue weighted by Gasteiger charge is 2.08. The minimum absolute atomic E-state index is 0.0293. The molecule has 1 aromatic carbocycles. The van der Waals surface area contributed by atoms with Crippen molar-refractivity contribution >= 4 is 28.9 Å². The summed E-state index contributed by atoms with van der Waals surface area (Å²) in [6.45, 7) is 3.77. The standard InChI is InChI=1S/C15H15ClFN3O/c1-9(2)19-15(21)10-5-12(8-18-7-10)20-11-3-4-14(17)13(16)6-11/h3-9,20H,1-2H3,(H,19,21). The first-order valence-corrected chi connectivity index (χ1v) is 6.81. The van der Waals surface area contributed by atoms with Gasteiger partial charge < -0.3 is 10.6 Å². The van der Waals surface area contributed by atoms with Crippen LogP contribution < -0.4 is 10.6 Å². The van der Waals surface area contributed by atoms with Crippen molar-refractivity contribution in [3.63, 3.8) is 0 Å². The number of benzene rings is 1. The van der Waals surface area contributed by atoms with E-state index in [9.17, 15) is 9.18 Å². The molecule has 0 spiro atoms. The Morgan fingerprint density at radius 2 is 2.00 bits per heavy atom. The Bertz CT molecular complexity index is 661. The molecule has 0 radical (unpaired) electrons. The first-order chi connectivity index (χ1) is 9.95. The molecule has 2 N–H and O–H groups in total. The molecule has 21 heavy (non-hydrogen) atoms. The zero-order chi connectivity index (χ0) is 15.4. The third-order valence-corrected chi connectivity index (χ3v) is 2.92. The average molecular weight is 308 g/mol. The van der Waals surface area contributed by atoms with Crippen LogP contribution >= 0.6 is 11.6 Å². The summed E-state index contributed by atoms with van der Waals surface area (Å²) in [7, 11) is 0. The molecule has 0 unspecified atom stereocenters. The SMILES string of the molecule is CC(C)NC(=O)c1cncc(Nc2ccc(F)c(Cl)c2)c1. The lowest BCUT2D eigenvalue weighted by Gasteiger charge is -2.10. The largest absolute Gasteiger partial charge is 0.354 e. The minimum Gasteiger partial charge on any atom is -0.354 e. The van der Waals surface area contributed by atoms with E-state index in [4.69, 9.17) is 11.6 Å². The molecule has 1 amide bonds. The predicted molar refractivity (Wildman–Crippen MR) is 81.5 cm³/mol. The molecule has 0 aliphatic rings. The predicted octanol–water partition coefficient (Wildman–Crippen LogP) is 3.76.